The molecule has 1 fully saturated rings. The number of allylic oxidation sites excluding steroid dienone is 1. The lowest BCUT2D eigenvalue weighted by molar-refractivity contribution is 0.0697. The lowest BCUT2D eigenvalue weighted by Crippen LogP contribution is -1.95. The predicted octanol–water partition coefficient (Wildman–Crippen LogP) is 2.54. The van der Waals surface area contributed by atoms with Gasteiger partial charge in [-0.1, -0.05) is 12.1 Å². The van der Waals surface area contributed by atoms with Crippen LogP contribution in [0.3, 0.4) is 0 Å². The second-order valence-electron chi connectivity index (χ2n) is 3.49. The van der Waals surface area contributed by atoms with E-state index < -0.39 is 5.97 Å². The SMILES string of the molecule is O=C(O)c1cccc(C=C2CCCO2)c1. The van der Waals surface area contributed by atoms with E-state index in [-0.39, 0.29) is 0 Å². The third-order valence-electron chi connectivity index (χ3n) is 2.32. The molecule has 1 aromatic carbocycles. The van der Waals surface area contributed by atoms with Crippen LogP contribution in [-0.2, 0) is 4.74 Å². The zero-order chi connectivity index (χ0) is 10.7. The molecule has 3 heteroatoms. The monoisotopic (exact) mass is 204 g/mol. The lowest BCUT2D eigenvalue weighted by atomic mass is 10.1. The summed E-state index contributed by atoms with van der Waals surface area (Å²) in [6, 6.07) is 6.85. The highest BCUT2D eigenvalue weighted by molar-refractivity contribution is 5.88. The van der Waals surface area contributed by atoms with Crippen LogP contribution >= 0.6 is 0 Å². The molecule has 15 heavy (non-hydrogen) atoms. The molecule has 0 amide bonds. The van der Waals surface area contributed by atoms with Crippen molar-refractivity contribution in [2.24, 2.45) is 0 Å². The number of benzene rings is 1. The normalized spacial score (nSPS) is 17.7. The van der Waals surface area contributed by atoms with Crippen molar-refractivity contribution in [3.63, 3.8) is 0 Å². The number of carbonyl (C=O) groups is 1. The summed E-state index contributed by atoms with van der Waals surface area (Å²) in [5.41, 5.74) is 1.19. The highest BCUT2D eigenvalue weighted by Gasteiger charge is 2.08. The average Bonchev–Trinajstić information content (AvgIpc) is 2.71. The molecule has 1 saturated heterocycles. The minimum Gasteiger partial charge on any atom is -0.498 e. The maximum atomic E-state index is 10.7. The molecule has 3 nitrogen and oxygen atoms in total. The van der Waals surface area contributed by atoms with Gasteiger partial charge < -0.3 is 9.84 Å². The van der Waals surface area contributed by atoms with E-state index in [1.807, 2.05) is 12.1 Å². The van der Waals surface area contributed by atoms with Gasteiger partial charge in [0.25, 0.3) is 0 Å². The first kappa shape index (κ1) is 9.77. The van der Waals surface area contributed by atoms with Crippen LogP contribution in [0.25, 0.3) is 6.08 Å². The fourth-order valence-electron chi connectivity index (χ4n) is 1.58. The Labute approximate surface area is 88.0 Å². The number of carboxylic acid groups (broad SMARTS) is 1. The van der Waals surface area contributed by atoms with Crippen LogP contribution in [0.4, 0.5) is 0 Å². The first-order chi connectivity index (χ1) is 7.25. The maximum absolute atomic E-state index is 10.7. The minimum absolute atomic E-state index is 0.308. The summed E-state index contributed by atoms with van der Waals surface area (Å²) in [5.74, 6) is 0.0418. The largest absolute Gasteiger partial charge is 0.498 e. The van der Waals surface area contributed by atoms with Crippen molar-refractivity contribution in [3.8, 4) is 0 Å². The number of hydrogen-bond donors (Lipinski definition) is 1. The minimum atomic E-state index is -0.900. The summed E-state index contributed by atoms with van der Waals surface area (Å²) in [7, 11) is 0. The number of aromatic carboxylic acids is 1. The zero-order valence-corrected chi connectivity index (χ0v) is 8.27. The Morgan fingerprint density at radius 1 is 1.47 bits per heavy atom. The fourth-order valence-corrected chi connectivity index (χ4v) is 1.58. The van der Waals surface area contributed by atoms with Crippen molar-refractivity contribution in [3.05, 3.63) is 41.2 Å². The molecule has 1 aromatic rings. The molecule has 0 aromatic heterocycles. The molecular weight excluding hydrogens is 192 g/mol. The summed E-state index contributed by atoms with van der Waals surface area (Å²) < 4.78 is 5.37. The average molecular weight is 204 g/mol. The summed E-state index contributed by atoms with van der Waals surface area (Å²) in [5, 5.41) is 8.82. The van der Waals surface area contributed by atoms with Gasteiger partial charge in [-0.2, -0.15) is 0 Å². The molecule has 78 valence electrons. The maximum Gasteiger partial charge on any atom is 0.335 e. The molecule has 1 heterocycles. The predicted molar refractivity (Wildman–Crippen MR) is 56.6 cm³/mol. The molecule has 1 aliphatic rings. The molecule has 0 radical (unpaired) electrons. The molecule has 0 unspecified atom stereocenters. The van der Waals surface area contributed by atoms with Gasteiger partial charge in [0.15, 0.2) is 0 Å². The first-order valence-corrected chi connectivity index (χ1v) is 4.92. The Morgan fingerprint density at radius 3 is 3.00 bits per heavy atom. The van der Waals surface area contributed by atoms with Gasteiger partial charge >= 0.3 is 5.97 Å². The third kappa shape index (κ3) is 2.37. The Hall–Kier alpha value is -1.77. The van der Waals surface area contributed by atoms with Crippen molar-refractivity contribution in [2.75, 3.05) is 6.61 Å². The second kappa shape index (κ2) is 4.17. The Kier molecular flexibility index (Phi) is 2.72. The molecule has 0 atom stereocenters. The first-order valence-electron chi connectivity index (χ1n) is 4.92. The van der Waals surface area contributed by atoms with E-state index in [4.69, 9.17) is 9.84 Å². The van der Waals surface area contributed by atoms with Crippen molar-refractivity contribution in [1.29, 1.82) is 0 Å². The van der Waals surface area contributed by atoms with Crippen LogP contribution in [0.15, 0.2) is 30.0 Å². The van der Waals surface area contributed by atoms with Gasteiger partial charge in [-0.05, 0) is 30.2 Å². The molecule has 1 N–H and O–H groups in total. The van der Waals surface area contributed by atoms with E-state index in [2.05, 4.69) is 0 Å². The van der Waals surface area contributed by atoms with E-state index in [1.54, 1.807) is 18.2 Å². The van der Waals surface area contributed by atoms with Crippen molar-refractivity contribution in [1.82, 2.24) is 0 Å². The standard InChI is InChI=1S/C12H12O3/c13-12(14)10-4-1-3-9(7-10)8-11-5-2-6-15-11/h1,3-4,7-8H,2,5-6H2,(H,13,14). The smallest absolute Gasteiger partial charge is 0.335 e. The summed E-state index contributed by atoms with van der Waals surface area (Å²) in [4.78, 5) is 10.7. The van der Waals surface area contributed by atoms with Crippen LogP contribution in [0.1, 0.15) is 28.8 Å². The highest BCUT2D eigenvalue weighted by Crippen LogP contribution is 2.19. The van der Waals surface area contributed by atoms with Crippen molar-refractivity contribution < 1.29 is 14.6 Å². The number of carboxylic acids is 1. The number of hydrogen-bond acceptors (Lipinski definition) is 2. The second-order valence-corrected chi connectivity index (χ2v) is 3.49. The van der Waals surface area contributed by atoms with E-state index in [0.717, 1.165) is 30.8 Å². The topological polar surface area (TPSA) is 46.5 Å². The number of rotatable bonds is 2. The Morgan fingerprint density at radius 2 is 2.33 bits per heavy atom. The molecule has 1 aliphatic heterocycles. The molecule has 0 bridgehead atoms. The Balaban J connectivity index is 2.24. The molecule has 2 rings (SSSR count). The lowest BCUT2D eigenvalue weighted by Gasteiger charge is -2.00. The summed E-state index contributed by atoms with van der Waals surface area (Å²) in [6.07, 6.45) is 3.89. The molecular formula is C12H12O3. The van der Waals surface area contributed by atoms with Crippen LogP contribution in [0.2, 0.25) is 0 Å². The van der Waals surface area contributed by atoms with Crippen molar-refractivity contribution >= 4 is 12.0 Å². The van der Waals surface area contributed by atoms with Crippen LogP contribution < -0.4 is 0 Å². The number of ether oxygens (including phenoxy) is 1. The fraction of sp³-hybridized carbons (Fsp3) is 0.250. The van der Waals surface area contributed by atoms with Gasteiger partial charge in [0.2, 0.25) is 0 Å². The van der Waals surface area contributed by atoms with Crippen LogP contribution in [0, 0.1) is 0 Å². The van der Waals surface area contributed by atoms with Crippen molar-refractivity contribution in [2.45, 2.75) is 12.8 Å². The van der Waals surface area contributed by atoms with E-state index in [9.17, 15) is 4.79 Å². The van der Waals surface area contributed by atoms with Gasteiger partial charge in [-0.3, -0.25) is 0 Å². The summed E-state index contributed by atoms with van der Waals surface area (Å²) >= 11 is 0. The van der Waals surface area contributed by atoms with Gasteiger partial charge in [0, 0.05) is 6.42 Å². The van der Waals surface area contributed by atoms with E-state index >= 15 is 0 Å². The molecule has 0 aliphatic carbocycles. The quantitative estimate of drug-likeness (QED) is 0.805. The zero-order valence-electron chi connectivity index (χ0n) is 8.27. The Bertz CT molecular complexity index is 399. The summed E-state index contributed by atoms with van der Waals surface area (Å²) in [6.45, 7) is 0.768. The van der Waals surface area contributed by atoms with Gasteiger partial charge in [-0.15, -0.1) is 0 Å². The molecule has 0 spiro atoms. The van der Waals surface area contributed by atoms with Gasteiger partial charge in [0.05, 0.1) is 17.9 Å². The van der Waals surface area contributed by atoms with E-state index in [1.165, 1.54) is 0 Å². The van der Waals surface area contributed by atoms with Crippen LogP contribution in [-0.4, -0.2) is 17.7 Å². The van der Waals surface area contributed by atoms with E-state index in [0.29, 0.717) is 5.56 Å². The van der Waals surface area contributed by atoms with Gasteiger partial charge in [-0.25, -0.2) is 4.79 Å². The highest BCUT2D eigenvalue weighted by atomic mass is 16.5. The van der Waals surface area contributed by atoms with Crippen LogP contribution in [0.5, 0.6) is 0 Å². The third-order valence-corrected chi connectivity index (χ3v) is 2.32. The molecule has 0 saturated carbocycles. The van der Waals surface area contributed by atoms with Gasteiger partial charge in [0.1, 0.15) is 0 Å².